The van der Waals surface area contributed by atoms with E-state index in [0.29, 0.717) is 17.5 Å². The summed E-state index contributed by atoms with van der Waals surface area (Å²) in [6, 6.07) is 0.299. The third-order valence-electron chi connectivity index (χ3n) is 2.70. The first-order valence-corrected chi connectivity index (χ1v) is 5.94. The number of nitrogens with zero attached hydrogens (tertiary/aromatic N) is 4. The van der Waals surface area contributed by atoms with Gasteiger partial charge in [0.05, 0.1) is 6.33 Å². The summed E-state index contributed by atoms with van der Waals surface area (Å²) in [6.45, 7) is 3.13. The molecule has 4 N–H and O–H groups in total. The van der Waals surface area contributed by atoms with Gasteiger partial charge >= 0.3 is 0 Å². The van der Waals surface area contributed by atoms with E-state index < -0.39 is 0 Å². The van der Waals surface area contributed by atoms with E-state index in [2.05, 4.69) is 51.2 Å². The normalized spacial score (nSPS) is 13.1. The molecule has 0 aliphatic heterocycles. The summed E-state index contributed by atoms with van der Waals surface area (Å²) in [5.74, 6) is 0.943. The van der Waals surface area contributed by atoms with Crippen LogP contribution in [0.3, 0.4) is 0 Å². The van der Waals surface area contributed by atoms with Crippen molar-refractivity contribution in [2.75, 3.05) is 31.7 Å². The van der Waals surface area contributed by atoms with Crippen LogP contribution in [0, 0.1) is 0 Å². The summed E-state index contributed by atoms with van der Waals surface area (Å²) in [5, 5.41) is 3.34. The average molecular weight is 249 g/mol. The molecule has 0 radical (unpaired) electrons. The number of aromatic nitrogens is 4. The molecule has 2 aromatic heterocycles. The van der Waals surface area contributed by atoms with Gasteiger partial charge in [0.15, 0.2) is 11.5 Å². The van der Waals surface area contributed by atoms with Crippen LogP contribution in [-0.2, 0) is 0 Å². The fourth-order valence-corrected chi connectivity index (χ4v) is 1.71. The Kier molecular flexibility index (Phi) is 3.61. The molecule has 7 heteroatoms. The van der Waals surface area contributed by atoms with Crippen molar-refractivity contribution in [1.82, 2.24) is 24.8 Å². The number of nitrogens with two attached hydrogens (primary N) is 1. The molecule has 0 bridgehead atoms. The molecule has 7 nitrogen and oxygen atoms in total. The van der Waals surface area contributed by atoms with Crippen LogP contribution >= 0.6 is 0 Å². The van der Waals surface area contributed by atoms with E-state index in [1.807, 2.05) is 0 Å². The van der Waals surface area contributed by atoms with E-state index in [1.165, 1.54) is 0 Å². The predicted octanol–water partition coefficient (Wildman–Crippen LogP) is 0.687. The standard InChI is InChI=1S/C11H19N7/c1-7(4-5-18(2)3)15-10-8-9(14-6-13-8)16-11(12)17-10/h6-7H,4-5H2,1-3H3,(H4,12,13,14,15,16,17). The zero-order valence-electron chi connectivity index (χ0n) is 10.9. The van der Waals surface area contributed by atoms with Gasteiger partial charge in [-0.15, -0.1) is 0 Å². The Bertz CT molecular complexity index is 519. The fourth-order valence-electron chi connectivity index (χ4n) is 1.71. The SMILES string of the molecule is CC(CCN(C)C)Nc1nc(N)nc2nc[nH]c12. The maximum Gasteiger partial charge on any atom is 0.224 e. The van der Waals surface area contributed by atoms with Crippen LogP contribution in [0.2, 0.25) is 0 Å². The zero-order valence-corrected chi connectivity index (χ0v) is 10.9. The molecule has 98 valence electrons. The summed E-state index contributed by atoms with van der Waals surface area (Å²) in [5.41, 5.74) is 7.04. The molecule has 0 aliphatic carbocycles. The van der Waals surface area contributed by atoms with Crippen molar-refractivity contribution < 1.29 is 0 Å². The Morgan fingerprint density at radius 2 is 2.22 bits per heavy atom. The highest BCUT2D eigenvalue weighted by atomic mass is 15.1. The van der Waals surface area contributed by atoms with Crippen LogP contribution in [0.15, 0.2) is 6.33 Å². The third-order valence-corrected chi connectivity index (χ3v) is 2.70. The number of nitrogen functional groups attached to an aromatic ring is 1. The van der Waals surface area contributed by atoms with Gasteiger partial charge in [-0.25, -0.2) is 4.98 Å². The maximum atomic E-state index is 5.66. The summed E-state index contributed by atoms with van der Waals surface area (Å²) >= 11 is 0. The lowest BCUT2D eigenvalue weighted by molar-refractivity contribution is 0.390. The first-order valence-electron chi connectivity index (χ1n) is 5.94. The first kappa shape index (κ1) is 12.6. The molecule has 1 unspecified atom stereocenters. The van der Waals surface area contributed by atoms with Gasteiger partial charge in [0.1, 0.15) is 5.52 Å². The second kappa shape index (κ2) is 5.18. The molecule has 2 rings (SSSR count). The van der Waals surface area contributed by atoms with E-state index in [1.54, 1.807) is 6.33 Å². The molecule has 18 heavy (non-hydrogen) atoms. The van der Waals surface area contributed by atoms with Gasteiger partial charge in [-0.3, -0.25) is 0 Å². The number of rotatable bonds is 5. The molecule has 0 amide bonds. The summed E-state index contributed by atoms with van der Waals surface area (Å²) in [6.07, 6.45) is 2.61. The molecule has 0 spiro atoms. The Morgan fingerprint density at radius 3 is 2.94 bits per heavy atom. The van der Waals surface area contributed by atoms with Gasteiger partial charge in [-0.05, 0) is 34.0 Å². The summed E-state index contributed by atoms with van der Waals surface area (Å²) in [7, 11) is 4.12. The minimum absolute atomic E-state index is 0.233. The van der Waals surface area contributed by atoms with Crippen molar-refractivity contribution >= 4 is 22.9 Å². The minimum Gasteiger partial charge on any atom is -0.368 e. The molecule has 1 atom stereocenters. The lowest BCUT2D eigenvalue weighted by Gasteiger charge is -2.17. The quantitative estimate of drug-likeness (QED) is 0.721. The van der Waals surface area contributed by atoms with E-state index in [9.17, 15) is 0 Å². The Hall–Kier alpha value is -1.89. The van der Waals surface area contributed by atoms with Crippen molar-refractivity contribution in [3.05, 3.63) is 6.33 Å². The number of H-pyrrole nitrogens is 1. The lowest BCUT2D eigenvalue weighted by Crippen LogP contribution is -2.23. The van der Waals surface area contributed by atoms with Gasteiger partial charge in [0.25, 0.3) is 0 Å². The number of hydrogen-bond acceptors (Lipinski definition) is 6. The minimum atomic E-state index is 0.233. The van der Waals surface area contributed by atoms with Crippen molar-refractivity contribution in [3.8, 4) is 0 Å². The van der Waals surface area contributed by atoms with Crippen LogP contribution in [0.1, 0.15) is 13.3 Å². The lowest BCUT2D eigenvalue weighted by atomic mass is 10.2. The highest BCUT2D eigenvalue weighted by Crippen LogP contribution is 2.18. The van der Waals surface area contributed by atoms with E-state index >= 15 is 0 Å². The second-order valence-electron chi connectivity index (χ2n) is 4.67. The summed E-state index contributed by atoms with van der Waals surface area (Å²) in [4.78, 5) is 17.5. The first-order chi connectivity index (χ1) is 8.56. The van der Waals surface area contributed by atoms with Gasteiger partial charge in [0, 0.05) is 6.04 Å². The number of aromatic amines is 1. The molecular formula is C11H19N7. The van der Waals surface area contributed by atoms with E-state index in [0.717, 1.165) is 18.5 Å². The fraction of sp³-hybridized carbons (Fsp3) is 0.545. The molecule has 2 aromatic rings. The van der Waals surface area contributed by atoms with Gasteiger partial charge < -0.3 is 20.9 Å². The van der Waals surface area contributed by atoms with Crippen LogP contribution in [0.4, 0.5) is 11.8 Å². The van der Waals surface area contributed by atoms with Crippen molar-refractivity contribution in [1.29, 1.82) is 0 Å². The molecule has 2 heterocycles. The number of nitrogens with one attached hydrogen (secondary N) is 2. The van der Waals surface area contributed by atoms with Crippen LogP contribution in [0.5, 0.6) is 0 Å². The van der Waals surface area contributed by atoms with Crippen LogP contribution in [0.25, 0.3) is 11.2 Å². The Morgan fingerprint density at radius 1 is 1.44 bits per heavy atom. The number of fused-ring (bicyclic) bond motifs is 1. The van der Waals surface area contributed by atoms with Crippen molar-refractivity contribution in [3.63, 3.8) is 0 Å². The highest BCUT2D eigenvalue weighted by molar-refractivity contribution is 5.83. The maximum absolute atomic E-state index is 5.66. The van der Waals surface area contributed by atoms with Gasteiger partial charge in [-0.2, -0.15) is 9.97 Å². The molecule has 0 saturated heterocycles. The molecule has 0 fully saturated rings. The molecule has 0 saturated carbocycles. The average Bonchev–Trinajstić information content (AvgIpc) is 2.74. The van der Waals surface area contributed by atoms with Crippen LogP contribution in [-0.4, -0.2) is 51.5 Å². The molecular weight excluding hydrogens is 230 g/mol. The third kappa shape index (κ3) is 2.86. The monoisotopic (exact) mass is 249 g/mol. The number of hydrogen-bond donors (Lipinski definition) is 3. The van der Waals surface area contributed by atoms with Crippen molar-refractivity contribution in [2.24, 2.45) is 0 Å². The largest absolute Gasteiger partial charge is 0.368 e. The number of anilines is 2. The topological polar surface area (TPSA) is 95.8 Å². The molecule has 0 aliphatic rings. The number of imidazole rings is 1. The predicted molar refractivity (Wildman–Crippen MR) is 72.4 cm³/mol. The second-order valence-corrected chi connectivity index (χ2v) is 4.67. The van der Waals surface area contributed by atoms with Gasteiger partial charge in [0.2, 0.25) is 5.95 Å². The molecule has 0 aromatic carbocycles. The summed E-state index contributed by atoms with van der Waals surface area (Å²) < 4.78 is 0. The highest BCUT2D eigenvalue weighted by Gasteiger charge is 2.11. The zero-order chi connectivity index (χ0) is 13.1. The Labute approximate surface area is 106 Å². The Balaban J connectivity index is 2.13. The van der Waals surface area contributed by atoms with E-state index in [4.69, 9.17) is 5.73 Å². The van der Waals surface area contributed by atoms with E-state index in [-0.39, 0.29) is 5.95 Å². The smallest absolute Gasteiger partial charge is 0.224 e. The van der Waals surface area contributed by atoms with Crippen molar-refractivity contribution in [2.45, 2.75) is 19.4 Å². The van der Waals surface area contributed by atoms with Gasteiger partial charge in [-0.1, -0.05) is 0 Å². The van der Waals surface area contributed by atoms with Crippen LogP contribution < -0.4 is 11.1 Å².